The van der Waals surface area contributed by atoms with E-state index in [1.165, 1.54) is 11.3 Å². The Hall–Kier alpha value is -0.470. The van der Waals surface area contributed by atoms with Gasteiger partial charge in [0.25, 0.3) is 0 Å². The van der Waals surface area contributed by atoms with Crippen LogP contribution in [0, 0.1) is 5.92 Å². The highest BCUT2D eigenvalue weighted by molar-refractivity contribution is 7.99. The first-order valence-corrected chi connectivity index (χ1v) is 6.71. The van der Waals surface area contributed by atoms with E-state index in [9.17, 15) is 0 Å². The van der Waals surface area contributed by atoms with E-state index in [1.807, 2.05) is 11.8 Å². The molecule has 1 nitrogen and oxygen atoms in total. The molecule has 0 amide bonds. The molecule has 0 aromatic heterocycles. The number of aliphatic hydroxyl groups excluding tert-OH is 1. The summed E-state index contributed by atoms with van der Waals surface area (Å²) < 4.78 is 0. The average Bonchev–Trinajstić information content (AvgIpc) is 2.29. The van der Waals surface area contributed by atoms with Gasteiger partial charge in [0.2, 0.25) is 0 Å². The summed E-state index contributed by atoms with van der Waals surface area (Å²) in [6.07, 6.45) is 2.27. The molecule has 0 aliphatic rings. The average molecular weight is 224 g/mol. The van der Waals surface area contributed by atoms with Crippen molar-refractivity contribution in [2.45, 2.75) is 19.8 Å². The van der Waals surface area contributed by atoms with E-state index in [1.54, 1.807) is 0 Å². The number of thioether (sulfide) groups is 1. The summed E-state index contributed by atoms with van der Waals surface area (Å²) in [6, 6.07) is 10.6. The van der Waals surface area contributed by atoms with E-state index in [0.717, 1.165) is 18.6 Å². The van der Waals surface area contributed by atoms with Gasteiger partial charge in [0, 0.05) is 6.61 Å². The summed E-state index contributed by atoms with van der Waals surface area (Å²) in [5, 5.41) is 8.86. The number of hydrogen-bond acceptors (Lipinski definition) is 2. The molecule has 1 atom stereocenters. The fourth-order valence-electron chi connectivity index (χ4n) is 1.31. The van der Waals surface area contributed by atoms with Crippen LogP contribution in [0.3, 0.4) is 0 Å². The first kappa shape index (κ1) is 12.6. The van der Waals surface area contributed by atoms with Crippen molar-refractivity contribution in [3.63, 3.8) is 0 Å². The largest absolute Gasteiger partial charge is 0.396 e. The van der Waals surface area contributed by atoms with Crippen LogP contribution in [0.1, 0.15) is 18.9 Å². The van der Waals surface area contributed by atoms with E-state index in [4.69, 9.17) is 5.11 Å². The highest BCUT2D eigenvalue weighted by atomic mass is 32.2. The molecule has 15 heavy (non-hydrogen) atoms. The van der Waals surface area contributed by atoms with E-state index in [-0.39, 0.29) is 0 Å². The van der Waals surface area contributed by atoms with Crippen LogP contribution in [0.25, 0.3) is 0 Å². The van der Waals surface area contributed by atoms with Crippen LogP contribution in [-0.2, 0) is 6.42 Å². The van der Waals surface area contributed by atoms with Gasteiger partial charge in [0.05, 0.1) is 0 Å². The Bertz CT molecular complexity index is 248. The summed E-state index contributed by atoms with van der Waals surface area (Å²) in [5.41, 5.74) is 1.42. The Morgan fingerprint density at radius 1 is 1.20 bits per heavy atom. The highest BCUT2D eigenvalue weighted by Gasteiger charge is 1.99. The zero-order chi connectivity index (χ0) is 10.9. The van der Waals surface area contributed by atoms with E-state index >= 15 is 0 Å². The molecule has 0 aliphatic heterocycles. The summed E-state index contributed by atoms with van der Waals surface area (Å²) >= 11 is 1.98. The number of benzene rings is 1. The third-order valence-electron chi connectivity index (χ3n) is 2.44. The molecular weight excluding hydrogens is 204 g/mol. The molecule has 0 aliphatic carbocycles. The first-order chi connectivity index (χ1) is 7.33. The minimum atomic E-state index is 0.319. The molecule has 1 aromatic carbocycles. The van der Waals surface area contributed by atoms with Crippen LogP contribution in [0.4, 0.5) is 0 Å². The Kier molecular flexibility index (Phi) is 6.53. The van der Waals surface area contributed by atoms with E-state index < -0.39 is 0 Å². The van der Waals surface area contributed by atoms with Crippen LogP contribution in [0.5, 0.6) is 0 Å². The van der Waals surface area contributed by atoms with Gasteiger partial charge in [0.1, 0.15) is 0 Å². The number of rotatable bonds is 7. The van der Waals surface area contributed by atoms with Gasteiger partial charge in [-0.2, -0.15) is 11.8 Å². The molecule has 0 radical (unpaired) electrons. The summed E-state index contributed by atoms with van der Waals surface area (Å²) in [7, 11) is 0. The van der Waals surface area contributed by atoms with Gasteiger partial charge in [-0.3, -0.25) is 0 Å². The fraction of sp³-hybridized carbons (Fsp3) is 0.538. The highest BCUT2D eigenvalue weighted by Crippen LogP contribution is 2.11. The number of hydrogen-bond donors (Lipinski definition) is 1. The SMILES string of the molecule is CC(CO)CCSCCc1ccccc1. The van der Waals surface area contributed by atoms with Gasteiger partial charge in [-0.25, -0.2) is 0 Å². The van der Waals surface area contributed by atoms with Gasteiger partial charge >= 0.3 is 0 Å². The third kappa shape index (κ3) is 5.85. The first-order valence-electron chi connectivity index (χ1n) is 5.55. The number of aryl methyl sites for hydroxylation is 1. The second-order valence-corrected chi connectivity index (χ2v) is 5.15. The second-order valence-electron chi connectivity index (χ2n) is 3.92. The van der Waals surface area contributed by atoms with Gasteiger partial charge in [-0.1, -0.05) is 37.3 Å². The van der Waals surface area contributed by atoms with Gasteiger partial charge in [-0.15, -0.1) is 0 Å². The quantitative estimate of drug-likeness (QED) is 0.719. The zero-order valence-electron chi connectivity index (χ0n) is 9.36. The molecular formula is C13H20OS. The Morgan fingerprint density at radius 3 is 2.60 bits per heavy atom. The Labute approximate surface area is 96.9 Å². The normalized spacial score (nSPS) is 12.7. The predicted molar refractivity (Wildman–Crippen MR) is 68.3 cm³/mol. The van der Waals surface area contributed by atoms with Crippen molar-refractivity contribution in [2.75, 3.05) is 18.1 Å². The molecule has 0 spiro atoms. The van der Waals surface area contributed by atoms with Crippen LogP contribution in [-0.4, -0.2) is 23.2 Å². The molecule has 84 valence electrons. The monoisotopic (exact) mass is 224 g/mol. The maximum absolute atomic E-state index is 8.86. The van der Waals surface area contributed by atoms with Crippen LogP contribution in [0.2, 0.25) is 0 Å². The summed E-state index contributed by atoms with van der Waals surface area (Å²) in [4.78, 5) is 0. The molecule has 1 N–H and O–H groups in total. The molecule has 0 bridgehead atoms. The molecule has 2 heteroatoms. The van der Waals surface area contributed by atoms with Crippen molar-refractivity contribution in [1.82, 2.24) is 0 Å². The van der Waals surface area contributed by atoms with E-state index in [0.29, 0.717) is 12.5 Å². The fourth-order valence-corrected chi connectivity index (χ4v) is 2.47. The van der Waals surface area contributed by atoms with Crippen molar-refractivity contribution in [2.24, 2.45) is 5.92 Å². The van der Waals surface area contributed by atoms with Crippen molar-refractivity contribution in [3.8, 4) is 0 Å². The molecule has 0 saturated heterocycles. The minimum absolute atomic E-state index is 0.319. The van der Waals surface area contributed by atoms with Gasteiger partial charge < -0.3 is 5.11 Å². The number of aliphatic hydroxyl groups is 1. The van der Waals surface area contributed by atoms with Crippen LogP contribution >= 0.6 is 11.8 Å². The lowest BCUT2D eigenvalue weighted by Gasteiger charge is -2.06. The predicted octanol–water partition coefficient (Wildman–Crippen LogP) is 2.98. The third-order valence-corrected chi connectivity index (χ3v) is 3.46. The van der Waals surface area contributed by atoms with Crippen molar-refractivity contribution in [1.29, 1.82) is 0 Å². The maximum atomic E-state index is 8.86. The summed E-state index contributed by atoms with van der Waals surface area (Å²) in [5.74, 6) is 2.80. The van der Waals surface area contributed by atoms with Crippen LogP contribution < -0.4 is 0 Å². The van der Waals surface area contributed by atoms with E-state index in [2.05, 4.69) is 37.3 Å². The molecule has 1 aromatic rings. The summed E-state index contributed by atoms with van der Waals surface area (Å²) in [6.45, 7) is 2.41. The molecule has 1 unspecified atom stereocenters. The maximum Gasteiger partial charge on any atom is 0.0456 e. The standard InChI is InChI=1S/C13H20OS/c1-12(11-14)7-9-15-10-8-13-5-3-2-4-6-13/h2-6,12,14H,7-11H2,1H3. The van der Waals surface area contributed by atoms with Gasteiger partial charge in [0.15, 0.2) is 0 Å². The van der Waals surface area contributed by atoms with Crippen molar-refractivity contribution < 1.29 is 5.11 Å². The lowest BCUT2D eigenvalue weighted by molar-refractivity contribution is 0.235. The smallest absolute Gasteiger partial charge is 0.0456 e. The lowest BCUT2D eigenvalue weighted by Crippen LogP contribution is -2.02. The molecule has 1 rings (SSSR count). The van der Waals surface area contributed by atoms with Gasteiger partial charge in [-0.05, 0) is 35.8 Å². The second kappa shape index (κ2) is 7.77. The van der Waals surface area contributed by atoms with Crippen molar-refractivity contribution in [3.05, 3.63) is 35.9 Å². The molecule has 0 fully saturated rings. The zero-order valence-corrected chi connectivity index (χ0v) is 10.2. The molecule has 0 heterocycles. The van der Waals surface area contributed by atoms with Crippen molar-refractivity contribution >= 4 is 11.8 Å². The minimum Gasteiger partial charge on any atom is -0.396 e. The Morgan fingerprint density at radius 2 is 1.93 bits per heavy atom. The molecule has 0 saturated carbocycles. The Balaban J connectivity index is 2.03. The topological polar surface area (TPSA) is 20.2 Å². The lowest BCUT2D eigenvalue weighted by atomic mass is 10.1. The van der Waals surface area contributed by atoms with Crippen LogP contribution in [0.15, 0.2) is 30.3 Å².